The summed E-state index contributed by atoms with van der Waals surface area (Å²) in [6, 6.07) is 7.26. The smallest absolute Gasteiger partial charge is 0.274 e. The molecule has 1 aromatic rings. The number of nitro groups is 1. The topological polar surface area (TPSA) is 72.4 Å². The zero-order chi connectivity index (χ0) is 14.7. The highest BCUT2D eigenvalue weighted by Crippen LogP contribution is 2.32. The number of piperidine rings is 1. The van der Waals surface area contributed by atoms with Gasteiger partial charge >= 0.3 is 0 Å². The van der Waals surface area contributed by atoms with Gasteiger partial charge in [-0.25, -0.2) is 0 Å². The monoisotopic (exact) mass is 313 g/mol. The molecule has 6 heteroatoms. The van der Waals surface area contributed by atoms with E-state index >= 15 is 0 Å². The Labute approximate surface area is 132 Å². The van der Waals surface area contributed by atoms with Gasteiger partial charge in [0, 0.05) is 30.3 Å². The van der Waals surface area contributed by atoms with E-state index in [4.69, 9.17) is 5.73 Å². The Bertz CT molecular complexity index is 482. The zero-order valence-corrected chi connectivity index (χ0v) is 13.4. The number of rotatable bonds is 4. The third-order valence-corrected chi connectivity index (χ3v) is 4.36. The van der Waals surface area contributed by atoms with Gasteiger partial charge in [-0.15, -0.1) is 12.4 Å². The van der Waals surface area contributed by atoms with Gasteiger partial charge in [0.25, 0.3) is 5.69 Å². The summed E-state index contributed by atoms with van der Waals surface area (Å²) in [5.41, 5.74) is 7.02. The molecule has 0 amide bonds. The lowest BCUT2D eigenvalue weighted by atomic mass is 9.90. The van der Waals surface area contributed by atoms with Gasteiger partial charge < -0.3 is 5.73 Å². The first kappa shape index (κ1) is 17.9. The highest BCUT2D eigenvalue weighted by Gasteiger charge is 2.29. The lowest BCUT2D eigenvalue weighted by molar-refractivity contribution is -0.386. The van der Waals surface area contributed by atoms with Gasteiger partial charge in [-0.05, 0) is 39.2 Å². The number of likely N-dealkylation sites (tertiary alicyclic amines) is 1. The van der Waals surface area contributed by atoms with Crippen molar-refractivity contribution in [3.05, 3.63) is 39.9 Å². The Balaban J connectivity index is 0.00000220. The average Bonchev–Trinajstić information content (AvgIpc) is 2.46. The molecule has 21 heavy (non-hydrogen) atoms. The van der Waals surface area contributed by atoms with E-state index in [1.54, 1.807) is 12.1 Å². The molecule has 118 valence electrons. The molecule has 1 heterocycles. The van der Waals surface area contributed by atoms with Gasteiger partial charge in [-0.2, -0.15) is 0 Å². The summed E-state index contributed by atoms with van der Waals surface area (Å²) in [5, 5.41) is 11.1. The van der Waals surface area contributed by atoms with Gasteiger partial charge in [0.05, 0.1) is 4.92 Å². The van der Waals surface area contributed by atoms with Gasteiger partial charge in [0.1, 0.15) is 0 Å². The van der Waals surface area contributed by atoms with Crippen molar-refractivity contribution in [1.29, 1.82) is 0 Å². The molecule has 3 unspecified atom stereocenters. The van der Waals surface area contributed by atoms with E-state index in [1.165, 1.54) is 0 Å². The predicted octanol–water partition coefficient (Wildman–Crippen LogP) is 3.14. The van der Waals surface area contributed by atoms with Crippen molar-refractivity contribution in [3.63, 3.8) is 0 Å². The molecule has 1 saturated heterocycles. The lowest BCUT2D eigenvalue weighted by Gasteiger charge is -2.38. The van der Waals surface area contributed by atoms with E-state index < -0.39 is 0 Å². The highest BCUT2D eigenvalue weighted by atomic mass is 35.5. The number of hydrogen-bond acceptors (Lipinski definition) is 4. The molecule has 2 N–H and O–H groups in total. The minimum absolute atomic E-state index is 0. The van der Waals surface area contributed by atoms with Crippen molar-refractivity contribution in [2.45, 2.75) is 38.8 Å². The maximum absolute atomic E-state index is 11.1. The summed E-state index contributed by atoms with van der Waals surface area (Å²) < 4.78 is 0. The van der Waals surface area contributed by atoms with E-state index in [-0.39, 0.29) is 35.1 Å². The van der Waals surface area contributed by atoms with Crippen molar-refractivity contribution in [2.24, 2.45) is 11.7 Å². The van der Waals surface area contributed by atoms with Crippen LogP contribution in [-0.2, 0) is 0 Å². The molecule has 0 spiro atoms. The Kier molecular flexibility index (Phi) is 6.58. The fraction of sp³-hybridized carbons (Fsp3) is 0.600. The zero-order valence-electron chi connectivity index (χ0n) is 12.6. The van der Waals surface area contributed by atoms with Gasteiger partial charge in [0.15, 0.2) is 0 Å². The molecule has 0 radical (unpaired) electrons. The van der Waals surface area contributed by atoms with Crippen molar-refractivity contribution >= 4 is 18.1 Å². The Morgan fingerprint density at radius 3 is 2.67 bits per heavy atom. The van der Waals surface area contributed by atoms with Crippen LogP contribution in [0.3, 0.4) is 0 Å². The SMILES string of the molecule is CC(N)C1CCCN(C(C)c2ccccc2[N+](=O)[O-])C1.Cl. The van der Waals surface area contributed by atoms with E-state index in [1.807, 2.05) is 26.0 Å². The van der Waals surface area contributed by atoms with Crippen LogP contribution in [0.15, 0.2) is 24.3 Å². The number of nitrogens with two attached hydrogens (primary N) is 1. The molecule has 0 saturated carbocycles. The lowest BCUT2D eigenvalue weighted by Crippen LogP contribution is -2.43. The van der Waals surface area contributed by atoms with Crippen LogP contribution in [0, 0.1) is 16.0 Å². The van der Waals surface area contributed by atoms with Crippen LogP contribution >= 0.6 is 12.4 Å². The maximum Gasteiger partial charge on any atom is 0.274 e. The predicted molar refractivity (Wildman–Crippen MR) is 86.7 cm³/mol. The molecule has 2 rings (SSSR count). The third-order valence-electron chi connectivity index (χ3n) is 4.36. The Hall–Kier alpha value is -1.17. The third kappa shape index (κ3) is 4.15. The molecule has 5 nitrogen and oxygen atoms in total. The normalized spacial score (nSPS) is 22.1. The largest absolute Gasteiger partial charge is 0.328 e. The van der Waals surface area contributed by atoms with Crippen molar-refractivity contribution < 1.29 is 4.92 Å². The van der Waals surface area contributed by atoms with Crippen LogP contribution in [-0.4, -0.2) is 29.0 Å². The molecule has 0 aliphatic carbocycles. The van der Waals surface area contributed by atoms with Crippen LogP contribution in [0.2, 0.25) is 0 Å². The second-order valence-corrected chi connectivity index (χ2v) is 5.75. The quantitative estimate of drug-likeness (QED) is 0.684. The highest BCUT2D eigenvalue weighted by molar-refractivity contribution is 5.85. The van der Waals surface area contributed by atoms with Gasteiger partial charge in [-0.1, -0.05) is 18.2 Å². The Morgan fingerprint density at radius 1 is 1.38 bits per heavy atom. The molecule has 1 aliphatic heterocycles. The van der Waals surface area contributed by atoms with Crippen molar-refractivity contribution in [3.8, 4) is 0 Å². The number of nitro benzene ring substituents is 1. The minimum Gasteiger partial charge on any atom is -0.328 e. The number of benzene rings is 1. The number of nitrogens with zero attached hydrogens (tertiary/aromatic N) is 2. The fourth-order valence-electron chi connectivity index (χ4n) is 3.03. The van der Waals surface area contributed by atoms with E-state index in [0.717, 1.165) is 31.5 Å². The second kappa shape index (κ2) is 7.73. The summed E-state index contributed by atoms with van der Waals surface area (Å²) in [5.74, 6) is 0.481. The molecular weight excluding hydrogens is 290 g/mol. The summed E-state index contributed by atoms with van der Waals surface area (Å²) >= 11 is 0. The molecular formula is C15H24ClN3O2. The first-order chi connectivity index (χ1) is 9.50. The average molecular weight is 314 g/mol. The van der Waals surface area contributed by atoms with Gasteiger partial charge in [0.2, 0.25) is 0 Å². The second-order valence-electron chi connectivity index (χ2n) is 5.75. The summed E-state index contributed by atoms with van der Waals surface area (Å²) in [4.78, 5) is 13.2. The molecule has 3 atom stereocenters. The standard InChI is InChI=1S/C15H23N3O2.ClH/c1-11(16)13-6-5-9-17(10-13)12(2)14-7-3-4-8-15(14)18(19)20;/h3-4,7-8,11-13H,5-6,9-10,16H2,1-2H3;1H. The molecule has 1 fully saturated rings. The first-order valence-electron chi connectivity index (χ1n) is 7.23. The summed E-state index contributed by atoms with van der Waals surface area (Å²) in [7, 11) is 0. The van der Waals surface area contributed by atoms with Gasteiger partial charge in [-0.3, -0.25) is 15.0 Å². The summed E-state index contributed by atoms with van der Waals surface area (Å²) in [6.45, 7) is 6.00. The van der Waals surface area contributed by atoms with Crippen molar-refractivity contribution in [1.82, 2.24) is 4.90 Å². The summed E-state index contributed by atoms with van der Waals surface area (Å²) in [6.07, 6.45) is 2.26. The van der Waals surface area contributed by atoms with Crippen LogP contribution < -0.4 is 5.73 Å². The van der Waals surface area contributed by atoms with Crippen LogP contribution in [0.1, 0.15) is 38.3 Å². The number of halogens is 1. The number of para-hydroxylation sites is 1. The fourth-order valence-corrected chi connectivity index (χ4v) is 3.03. The molecule has 1 aliphatic rings. The van der Waals surface area contributed by atoms with E-state index in [0.29, 0.717) is 5.92 Å². The van der Waals surface area contributed by atoms with Crippen LogP contribution in [0.4, 0.5) is 5.69 Å². The van der Waals surface area contributed by atoms with E-state index in [9.17, 15) is 10.1 Å². The molecule has 1 aromatic carbocycles. The maximum atomic E-state index is 11.1. The minimum atomic E-state index is -0.293. The Morgan fingerprint density at radius 2 is 2.05 bits per heavy atom. The van der Waals surface area contributed by atoms with Crippen molar-refractivity contribution in [2.75, 3.05) is 13.1 Å². The van der Waals surface area contributed by atoms with Crippen LogP contribution in [0.5, 0.6) is 0 Å². The molecule has 0 aromatic heterocycles. The molecule has 0 bridgehead atoms. The number of hydrogen-bond donors (Lipinski definition) is 1. The van der Waals surface area contributed by atoms with E-state index in [2.05, 4.69) is 4.90 Å². The van der Waals surface area contributed by atoms with Crippen LogP contribution in [0.25, 0.3) is 0 Å². The first-order valence-corrected chi connectivity index (χ1v) is 7.23.